The van der Waals surface area contributed by atoms with Crippen molar-refractivity contribution in [2.45, 2.75) is 0 Å². The van der Waals surface area contributed by atoms with Crippen molar-refractivity contribution < 1.29 is 27.2 Å². The van der Waals surface area contributed by atoms with Crippen molar-refractivity contribution in [3.8, 4) is 11.3 Å². The Morgan fingerprint density at radius 1 is 0.919 bits per heavy atom. The summed E-state index contributed by atoms with van der Waals surface area (Å²) in [4.78, 5) is 35.1. The number of halogens is 4. The van der Waals surface area contributed by atoms with E-state index in [0.717, 1.165) is 30.3 Å². The molecule has 37 heavy (non-hydrogen) atoms. The van der Waals surface area contributed by atoms with Crippen LogP contribution >= 0.6 is 0 Å². The number of aliphatic imine (C=N–C) groups is 1. The Bertz CT molecular complexity index is 1550. The number of carbonyl (C=O) groups excluding carboxylic acids is 2. The highest BCUT2D eigenvalue weighted by Crippen LogP contribution is 2.36. The molecule has 2 N–H and O–H groups in total. The van der Waals surface area contributed by atoms with Gasteiger partial charge in [-0.15, -0.1) is 0 Å². The summed E-state index contributed by atoms with van der Waals surface area (Å²) in [7, 11) is 3.36. The van der Waals surface area contributed by atoms with E-state index in [-0.39, 0.29) is 28.0 Å². The predicted molar refractivity (Wildman–Crippen MR) is 132 cm³/mol. The maximum absolute atomic E-state index is 14.8. The Kier molecular flexibility index (Phi) is 6.87. The smallest absolute Gasteiger partial charge is 0.325 e. The Hall–Kier alpha value is -4.80. The molecule has 4 rings (SSSR count). The molecule has 0 unspecified atom stereocenters. The molecule has 0 saturated carbocycles. The lowest BCUT2D eigenvalue weighted by Gasteiger charge is -2.22. The number of nitrogens with two attached hydrogens (primary N) is 1. The molecule has 1 heterocycles. The Morgan fingerprint density at radius 2 is 1.62 bits per heavy atom. The molecule has 0 bridgehead atoms. The minimum absolute atomic E-state index is 0.0798. The van der Waals surface area contributed by atoms with Crippen molar-refractivity contribution >= 4 is 40.6 Å². The molecule has 0 saturated heterocycles. The zero-order chi connectivity index (χ0) is 26.9. The van der Waals surface area contributed by atoms with Crippen molar-refractivity contribution in [2.24, 2.45) is 10.7 Å². The molecular weight excluding hydrogens is 490 g/mol. The van der Waals surface area contributed by atoms with Crippen LogP contribution in [0.2, 0.25) is 0 Å². The first kappa shape index (κ1) is 25.3. The fourth-order valence-electron chi connectivity index (χ4n) is 3.66. The van der Waals surface area contributed by atoms with E-state index in [1.54, 1.807) is 19.0 Å². The summed E-state index contributed by atoms with van der Waals surface area (Å²) in [5.41, 5.74) is 4.58. The van der Waals surface area contributed by atoms with E-state index >= 15 is 0 Å². The largest absolute Gasteiger partial charge is 0.369 e. The van der Waals surface area contributed by atoms with Crippen LogP contribution in [0, 0.1) is 23.3 Å². The lowest BCUT2D eigenvalue weighted by Crippen LogP contribution is -2.33. The monoisotopic (exact) mass is 509 g/mol. The molecule has 11 heteroatoms. The highest BCUT2D eigenvalue weighted by atomic mass is 19.1. The summed E-state index contributed by atoms with van der Waals surface area (Å²) in [6.45, 7) is 0. The average Bonchev–Trinajstić information content (AvgIpc) is 2.83. The number of anilines is 2. The SMILES string of the molecule is CN(C)C=NC(=O)c1ccc2c(-c3ccc(F)cc3F)nc(N(C(N)=O)c3c(F)cccc3F)cc2c1. The summed E-state index contributed by atoms with van der Waals surface area (Å²) in [5.74, 6) is -4.96. The maximum Gasteiger partial charge on any atom is 0.325 e. The highest BCUT2D eigenvalue weighted by molar-refractivity contribution is 6.06. The minimum atomic E-state index is -1.27. The van der Waals surface area contributed by atoms with Gasteiger partial charge in [-0.3, -0.25) is 4.79 Å². The molecule has 0 atom stereocenters. The van der Waals surface area contributed by atoms with Gasteiger partial charge in [-0.25, -0.2) is 32.2 Å². The average molecular weight is 509 g/mol. The molecule has 1 aromatic heterocycles. The van der Waals surface area contributed by atoms with Gasteiger partial charge in [-0.05, 0) is 47.9 Å². The van der Waals surface area contributed by atoms with Crippen LogP contribution in [0.4, 0.5) is 33.9 Å². The van der Waals surface area contributed by atoms with Crippen LogP contribution in [0.1, 0.15) is 10.4 Å². The molecule has 4 aromatic rings. The van der Waals surface area contributed by atoms with E-state index < -0.39 is 40.9 Å². The van der Waals surface area contributed by atoms with Crippen molar-refractivity contribution in [3.05, 3.63) is 89.5 Å². The zero-order valence-corrected chi connectivity index (χ0v) is 19.5. The van der Waals surface area contributed by atoms with Gasteiger partial charge < -0.3 is 10.6 Å². The highest BCUT2D eigenvalue weighted by Gasteiger charge is 2.26. The molecule has 7 nitrogen and oxygen atoms in total. The van der Waals surface area contributed by atoms with Crippen LogP contribution in [0.3, 0.4) is 0 Å². The first-order valence-corrected chi connectivity index (χ1v) is 10.8. The fraction of sp³-hybridized carbons (Fsp3) is 0.0769. The molecular formula is C26H19F4N5O2. The van der Waals surface area contributed by atoms with Gasteiger partial charge in [-0.2, -0.15) is 4.99 Å². The van der Waals surface area contributed by atoms with Crippen molar-refractivity contribution in [2.75, 3.05) is 19.0 Å². The van der Waals surface area contributed by atoms with Crippen LogP contribution in [0.25, 0.3) is 22.0 Å². The van der Waals surface area contributed by atoms with Crippen LogP contribution in [0.15, 0.2) is 65.7 Å². The summed E-state index contributed by atoms with van der Waals surface area (Å²) in [5, 5.41) is 0.554. The third kappa shape index (κ3) is 5.10. The van der Waals surface area contributed by atoms with Gasteiger partial charge in [0.15, 0.2) is 0 Å². The number of primary amides is 1. The van der Waals surface area contributed by atoms with E-state index in [1.165, 1.54) is 30.6 Å². The zero-order valence-electron chi connectivity index (χ0n) is 19.5. The lowest BCUT2D eigenvalue weighted by molar-refractivity contribution is 0.100. The van der Waals surface area contributed by atoms with Gasteiger partial charge in [0.05, 0.1) is 12.0 Å². The molecule has 0 aliphatic rings. The standard InChI is InChI=1S/C26H19F4N5O2/c1-34(2)13-32-25(36)14-6-8-17-15(10-14)11-22(33-23(17)18-9-7-16(27)12-21(18)30)35(26(31)37)24-19(28)4-3-5-20(24)29/h3-13H,1-2H3,(H2,31,37). The Morgan fingerprint density at radius 3 is 2.24 bits per heavy atom. The van der Waals surface area contributed by atoms with Gasteiger partial charge in [-0.1, -0.05) is 12.1 Å². The number of para-hydroxylation sites is 1. The predicted octanol–water partition coefficient (Wildman–Crippen LogP) is 5.41. The first-order chi connectivity index (χ1) is 17.6. The van der Waals surface area contributed by atoms with Gasteiger partial charge in [0.25, 0.3) is 5.91 Å². The minimum Gasteiger partial charge on any atom is -0.369 e. The molecule has 0 aliphatic heterocycles. The number of aromatic nitrogens is 1. The first-order valence-electron chi connectivity index (χ1n) is 10.8. The van der Waals surface area contributed by atoms with Crippen molar-refractivity contribution in [1.82, 2.24) is 9.88 Å². The number of hydrogen-bond donors (Lipinski definition) is 1. The molecule has 188 valence electrons. The van der Waals surface area contributed by atoms with Gasteiger partial charge in [0, 0.05) is 36.7 Å². The number of hydrogen-bond acceptors (Lipinski definition) is 3. The van der Waals surface area contributed by atoms with E-state index in [0.29, 0.717) is 16.4 Å². The normalized spacial score (nSPS) is 11.2. The van der Waals surface area contributed by atoms with Gasteiger partial charge >= 0.3 is 6.03 Å². The Labute approximate surface area is 208 Å². The number of nitrogens with zero attached hydrogens (tertiary/aromatic N) is 4. The number of benzene rings is 3. The lowest BCUT2D eigenvalue weighted by atomic mass is 10.0. The molecule has 0 spiro atoms. The molecule has 0 fully saturated rings. The van der Waals surface area contributed by atoms with Crippen LogP contribution in [0.5, 0.6) is 0 Å². The van der Waals surface area contributed by atoms with Crippen LogP contribution in [-0.2, 0) is 0 Å². The van der Waals surface area contributed by atoms with E-state index in [1.807, 2.05) is 0 Å². The maximum atomic E-state index is 14.8. The van der Waals surface area contributed by atoms with Gasteiger partial charge in [0.1, 0.15) is 34.8 Å². The molecule has 0 aliphatic carbocycles. The van der Waals surface area contributed by atoms with Crippen molar-refractivity contribution in [3.63, 3.8) is 0 Å². The third-order valence-corrected chi connectivity index (χ3v) is 5.27. The second-order valence-corrected chi connectivity index (χ2v) is 8.15. The number of rotatable bonds is 5. The molecule has 0 radical (unpaired) electrons. The third-order valence-electron chi connectivity index (χ3n) is 5.27. The number of amides is 3. The number of urea groups is 1. The van der Waals surface area contributed by atoms with E-state index in [4.69, 9.17) is 5.73 Å². The van der Waals surface area contributed by atoms with Gasteiger partial charge in [0.2, 0.25) is 0 Å². The quantitative estimate of drug-likeness (QED) is 0.221. The summed E-state index contributed by atoms with van der Waals surface area (Å²) in [6.07, 6.45) is 1.31. The topological polar surface area (TPSA) is 91.9 Å². The summed E-state index contributed by atoms with van der Waals surface area (Å²) in [6, 6.07) is 10.0. The summed E-state index contributed by atoms with van der Waals surface area (Å²) < 4.78 is 57.7. The molecule has 3 amide bonds. The Balaban J connectivity index is 2.02. The van der Waals surface area contributed by atoms with Crippen molar-refractivity contribution in [1.29, 1.82) is 0 Å². The van der Waals surface area contributed by atoms with Crippen LogP contribution < -0.4 is 10.6 Å². The van der Waals surface area contributed by atoms with Crippen LogP contribution in [-0.4, -0.2) is 42.3 Å². The second kappa shape index (κ2) is 10.1. The van der Waals surface area contributed by atoms with E-state index in [9.17, 15) is 27.2 Å². The fourth-order valence-corrected chi connectivity index (χ4v) is 3.66. The summed E-state index contributed by atoms with van der Waals surface area (Å²) >= 11 is 0. The number of pyridine rings is 1. The number of fused-ring (bicyclic) bond motifs is 1. The van der Waals surface area contributed by atoms with E-state index in [2.05, 4.69) is 9.98 Å². The second-order valence-electron chi connectivity index (χ2n) is 8.15. The molecule has 3 aromatic carbocycles. The number of carbonyl (C=O) groups is 2.